The summed E-state index contributed by atoms with van der Waals surface area (Å²) in [5.41, 5.74) is 9.85. The molecule has 0 aliphatic carbocycles. The highest BCUT2D eigenvalue weighted by Crippen LogP contribution is 2.31. The van der Waals surface area contributed by atoms with Crippen LogP contribution >= 0.6 is 0 Å². The Labute approximate surface area is 108 Å². The third kappa shape index (κ3) is 1.43. The quantitative estimate of drug-likeness (QED) is 0.542. The molecule has 92 valence electrons. The molecule has 0 unspecified atom stereocenters. The first-order valence-electron chi connectivity index (χ1n) is 6.04. The largest absolute Gasteiger partial charge is 0.367 e. The Balaban J connectivity index is 2.05. The molecule has 0 saturated carbocycles. The summed E-state index contributed by atoms with van der Waals surface area (Å²) < 4.78 is 4.92. The molecule has 0 bridgehead atoms. The maximum absolute atomic E-state index is 5.77. The monoisotopic (exact) mass is 249 g/mol. The molecule has 0 aliphatic heterocycles. The number of H-pyrrole nitrogens is 1. The molecule has 2 heterocycles. The zero-order valence-corrected chi connectivity index (χ0v) is 10.1. The van der Waals surface area contributed by atoms with E-state index < -0.39 is 0 Å². The highest BCUT2D eigenvalue weighted by atomic mass is 16.5. The Morgan fingerprint density at radius 3 is 2.68 bits per heavy atom. The van der Waals surface area contributed by atoms with Crippen LogP contribution in [0.4, 0.5) is 5.88 Å². The standard InChI is InChI=1S/C15H11N3O/c16-15-12(8-17-19-15)9-5-6-14-11(7-9)10-3-1-2-4-13(10)18-14/h1-8,18H,16H2. The van der Waals surface area contributed by atoms with E-state index in [9.17, 15) is 0 Å². The van der Waals surface area contributed by atoms with Crippen molar-refractivity contribution in [3.63, 3.8) is 0 Å². The lowest BCUT2D eigenvalue weighted by atomic mass is 10.1. The Morgan fingerprint density at radius 2 is 1.84 bits per heavy atom. The summed E-state index contributed by atoms with van der Waals surface area (Å²) in [5, 5.41) is 6.10. The first-order valence-corrected chi connectivity index (χ1v) is 6.04. The molecule has 2 aromatic carbocycles. The summed E-state index contributed by atoms with van der Waals surface area (Å²) in [6.07, 6.45) is 1.64. The minimum absolute atomic E-state index is 0.346. The normalized spacial score (nSPS) is 11.4. The number of rotatable bonds is 1. The Morgan fingerprint density at radius 1 is 1.00 bits per heavy atom. The number of anilines is 1. The van der Waals surface area contributed by atoms with Gasteiger partial charge in [-0.2, -0.15) is 0 Å². The molecule has 0 fully saturated rings. The number of nitrogens with two attached hydrogens (primary N) is 1. The summed E-state index contributed by atoms with van der Waals surface area (Å²) in [6, 6.07) is 14.4. The Bertz CT molecular complexity index is 889. The SMILES string of the molecule is Nc1oncc1-c1ccc2[nH]c3ccccc3c2c1. The van der Waals surface area contributed by atoms with Gasteiger partial charge in [0, 0.05) is 21.8 Å². The first-order chi connectivity index (χ1) is 9.33. The van der Waals surface area contributed by atoms with Crippen molar-refractivity contribution in [3.05, 3.63) is 48.7 Å². The van der Waals surface area contributed by atoms with E-state index >= 15 is 0 Å². The van der Waals surface area contributed by atoms with E-state index in [-0.39, 0.29) is 0 Å². The number of hydrogen-bond donors (Lipinski definition) is 2. The average molecular weight is 249 g/mol. The number of hydrogen-bond acceptors (Lipinski definition) is 3. The number of nitrogens with one attached hydrogen (secondary N) is 1. The summed E-state index contributed by atoms with van der Waals surface area (Å²) >= 11 is 0. The van der Waals surface area contributed by atoms with Crippen molar-refractivity contribution >= 4 is 27.7 Å². The highest BCUT2D eigenvalue weighted by Gasteiger charge is 2.09. The van der Waals surface area contributed by atoms with Gasteiger partial charge in [-0.3, -0.25) is 0 Å². The molecular weight excluding hydrogens is 238 g/mol. The topological polar surface area (TPSA) is 67.8 Å². The van der Waals surface area contributed by atoms with Crippen molar-refractivity contribution < 1.29 is 4.52 Å². The molecule has 0 amide bonds. The third-order valence-corrected chi connectivity index (χ3v) is 3.42. The predicted molar refractivity (Wildman–Crippen MR) is 75.7 cm³/mol. The van der Waals surface area contributed by atoms with E-state index in [1.165, 1.54) is 10.8 Å². The second kappa shape index (κ2) is 3.62. The molecule has 19 heavy (non-hydrogen) atoms. The van der Waals surface area contributed by atoms with Crippen molar-refractivity contribution in [1.82, 2.24) is 10.1 Å². The van der Waals surface area contributed by atoms with E-state index in [4.69, 9.17) is 10.3 Å². The number of aromatic nitrogens is 2. The van der Waals surface area contributed by atoms with E-state index in [2.05, 4.69) is 34.4 Å². The molecule has 3 N–H and O–H groups in total. The number of benzene rings is 2. The number of para-hydroxylation sites is 1. The van der Waals surface area contributed by atoms with Gasteiger partial charge in [-0.15, -0.1) is 0 Å². The fourth-order valence-corrected chi connectivity index (χ4v) is 2.48. The smallest absolute Gasteiger partial charge is 0.229 e. The second-order valence-corrected chi connectivity index (χ2v) is 4.53. The van der Waals surface area contributed by atoms with Crippen LogP contribution in [0.5, 0.6) is 0 Å². The maximum atomic E-state index is 5.77. The molecule has 4 nitrogen and oxygen atoms in total. The summed E-state index contributed by atoms with van der Waals surface area (Å²) in [5.74, 6) is 0.346. The van der Waals surface area contributed by atoms with Gasteiger partial charge in [-0.05, 0) is 23.8 Å². The van der Waals surface area contributed by atoms with E-state index in [1.54, 1.807) is 6.20 Å². The fraction of sp³-hybridized carbons (Fsp3) is 0. The number of nitrogens with zero attached hydrogens (tertiary/aromatic N) is 1. The lowest BCUT2D eigenvalue weighted by molar-refractivity contribution is 0.436. The summed E-state index contributed by atoms with van der Waals surface area (Å²) in [4.78, 5) is 3.39. The van der Waals surface area contributed by atoms with Crippen molar-refractivity contribution in [2.75, 3.05) is 5.73 Å². The van der Waals surface area contributed by atoms with Gasteiger partial charge in [0.05, 0.1) is 11.8 Å². The number of fused-ring (bicyclic) bond motifs is 3. The van der Waals surface area contributed by atoms with Crippen LogP contribution in [-0.4, -0.2) is 10.1 Å². The lowest BCUT2D eigenvalue weighted by Crippen LogP contribution is -1.84. The maximum Gasteiger partial charge on any atom is 0.229 e. The molecule has 0 aliphatic rings. The van der Waals surface area contributed by atoms with Gasteiger partial charge >= 0.3 is 0 Å². The van der Waals surface area contributed by atoms with E-state index in [0.29, 0.717) is 5.88 Å². The van der Waals surface area contributed by atoms with Gasteiger partial charge in [0.1, 0.15) is 0 Å². The molecule has 4 rings (SSSR count). The lowest BCUT2D eigenvalue weighted by Gasteiger charge is -1.98. The van der Waals surface area contributed by atoms with Crippen molar-refractivity contribution in [2.45, 2.75) is 0 Å². The van der Waals surface area contributed by atoms with Gasteiger partial charge in [-0.1, -0.05) is 29.4 Å². The molecule has 4 heteroatoms. The van der Waals surface area contributed by atoms with Crippen LogP contribution in [0.15, 0.2) is 53.2 Å². The minimum atomic E-state index is 0.346. The molecule has 0 spiro atoms. The molecule has 0 atom stereocenters. The van der Waals surface area contributed by atoms with Crippen molar-refractivity contribution in [1.29, 1.82) is 0 Å². The molecule has 0 saturated heterocycles. The van der Waals surface area contributed by atoms with Crippen LogP contribution in [0.3, 0.4) is 0 Å². The minimum Gasteiger partial charge on any atom is -0.367 e. The molecular formula is C15H11N3O. The first kappa shape index (κ1) is 10.2. The molecule has 4 aromatic rings. The fourth-order valence-electron chi connectivity index (χ4n) is 2.48. The third-order valence-electron chi connectivity index (χ3n) is 3.42. The van der Waals surface area contributed by atoms with Crippen LogP contribution in [0.25, 0.3) is 32.9 Å². The van der Waals surface area contributed by atoms with Crippen LogP contribution < -0.4 is 5.73 Å². The van der Waals surface area contributed by atoms with Crippen molar-refractivity contribution in [3.8, 4) is 11.1 Å². The highest BCUT2D eigenvalue weighted by molar-refractivity contribution is 6.08. The molecule has 0 radical (unpaired) electrons. The van der Waals surface area contributed by atoms with Crippen LogP contribution in [0.1, 0.15) is 0 Å². The number of aromatic amines is 1. The van der Waals surface area contributed by atoms with Gasteiger partial charge in [-0.25, -0.2) is 0 Å². The van der Waals surface area contributed by atoms with E-state index in [0.717, 1.165) is 22.2 Å². The summed E-state index contributed by atoms with van der Waals surface area (Å²) in [7, 11) is 0. The number of nitrogen functional groups attached to an aromatic ring is 1. The molecule has 2 aromatic heterocycles. The van der Waals surface area contributed by atoms with Gasteiger partial charge in [0.25, 0.3) is 0 Å². The van der Waals surface area contributed by atoms with Crippen LogP contribution in [-0.2, 0) is 0 Å². The van der Waals surface area contributed by atoms with E-state index in [1.807, 2.05) is 18.2 Å². The van der Waals surface area contributed by atoms with Gasteiger partial charge in [0.15, 0.2) is 0 Å². The van der Waals surface area contributed by atoms with Gasteiger partial charge < -0.3 is 15.2 Å². The average Bonchev–Trinajstić information content (AvgIpc) is 3.01. The second-order valence-electron chi connectivity index (χ2n) is 4.53. The predicted octanol–water partition coefficient (Wildman–Crippen LogP) is 3.56. The van der Waals surface area contributed by atoms with Crippen LogP contribution in [0, 0.1) is 0 Å². The Hall–Kier alpha value is -2.75. The van der Waals surface area contributed by atoms with Crippen LogP contribution in [0.2, 0.25) is 0 Å². The zero-order valence-electron chi connectivity index (χ0n) is 10.1. The van der Waals surface area contributed by atoms with Crippen molar-refractivity contribution in [2.24, 2.45) is 0 Å². The Kier molecular flexibility index (Phi) is 1.94. The van der Waals surface area contributed by atoms with Gasteiger partial charge in [0.2, 0.25) is 5.88 Å². The summed E-state index contributed by atoms with van der Waals surface area (Å²) in [6.45, 7) is 0. The zero-order chi connectivity index (χ0) is 12.8.